The van der Waals surface area contributed by atoms with Gasteiger partial charge in [0, 0.05) is 12.2 Å². The van der Waals surface area contributed by atoms with Gasteiger partial charge in [-0.05, 0) is 105 Å². The Morgan fingerprint density at radius 1 is 0.654 bits per heavy atom. The molecule has 0 unspecified atom stereocenters. The van der Waals surface area contributed by atoms with E-state index in [1.165, 1.54) is 6.07 Å². The van der Waals surface area contributed by atoms with Gasteiger partial charge in [0.15, 0.2) is 0 Å². The van der Waals surface area contributed by atoms with Crippen molar-refractivity contribution in [2.45, 2.75) is 32.6 Å². The van der Waals surface area contributed by atoms with E-state index >= 15 is 0 Å². The van der Waals surface area contributed by atoms with Crippen molar-refractivity contribution in [2.24, 2.45) is 0 Å². The molecule has 0 bridgehead atoms. The van der Waals surface area contributed by atoms with Crippen LogP contribution in [0.3, 0.4) is 0 Å². The number of carboxylic acid groups (broad SMARTS) is 1. The van der Waals surface area contributed by atoms with Gasteiger partial charge >= 0.3 is 23.9 Å². The molecule has 0 aliphatic carbocycles. The number of esters is 4. The standard InChI is InChI=1S/C29H28O8.C8H12O4.CH2O2/c1-4-27(30)35-18-6-5-17-34-24-10-7-21(8-11-24)28(31)37-26-16-9-22(19-20(26)2)29(32)36-25-14-12-23(33-3)13-15-25;1-2-8(10)12-6-4-3-5-11-7-9;2-1-3/h4,7-16,19H,1,5-6,17-18H2,2-3H3;2,7H,1,3-6H2;1H,(H,2,3). The SMILES string of the molecule is C=CC(=O)OCCCCOC=O.C=CC(=O)OCCCCOc1ccc(C(=O)Oc2ccc(C(=O)Oc3ccc(OC)cc3)cc2C)cc1.O=CO. The van der Waals surface area contributed by atoms with Gasteiger partial charge in [-0.1, -0.05) is 13.2 Å². The Morgan fingerprint density at radius 2 is 1.13 bits per heavy atom. The van der Waals surface area contributed by atoms with Crippen molar-refractivity contribution in [3.8, 4) is 23.0 Å². The van der Waals surface area contributed by atoms with Crippen LogP contribution in [0.25, 0.3) is 0 Å². The van der Waals surface area contributed by atoms with Crippen molar-refractivity contribution in [3.63, 3.8) is 0 Å². The molecule has 0 saturated carbocycles. The minimum atomic E-state index is -0.535. The number of carbonyl (C=O) groups is 6. The molecule has 3 aromatic rings. The minimum Gasteiger partial charge on any atom is -0.497 e. The second kappa shape index (κ2) is 26.4. The summed E-state index contributed by atoms with van der Waals surface area (Å²) in [6.45, 7) is 9.93. The van der Waals surface area contributed by atoms with Gasteiger partial charge in [-0.15, -0.1) is 0 Å². The molecule has 0 spiro atoms. The zero-order valence-corrected chi connectivity index (χ0v) is 29.0. The summed E-state index contributed by atoms with van der Waals surface area (Å²) in [5.74, 6) is 0.0592. The summed E-state index contributed by atoms with van der Waals surface area (Å²) in [5, 5.41) is 6.89. The third-order valence-corrected chi connectivity index (χ3v) is 6.33. The molecule has 14 nitrogen and oxygen atoms in total. The van der Waals surface area contributed by atoms with E-state index in [2.05, 4.69) is 22.6 Å². The molecule has 0 atom stereocenters. The number of rotatable bonds is 19. The van der Waals surface area contributed by atoms with Crippen LogP contribution in [0, 0.1) is 6.92 Å². The molecular weight excluding hydrogens is 680 g/mol. The Bertz CT molecular complexity index is 1580. The van der Waals surface area contributed by atoms with Gasteiger partial charge in [-0.3, -0.25) is 9.59 Å². The molecule has 14 heteroatoms. The van der Waals surface area contributed by atoms with E-state index in [9.17, 15) is 24.0 Å². The number of carbonyl (C=O) groups excluding carboxylic acids is 5. The lowest BCUT2D eigenvalue weighted by atomic mass is 10.1. The molecule has 0 amide bonds. The number of hydrogen-bond donors (Lipinski definition) is 1. The fourth-order valence-electron chi connectivity index (χ4n) is 3.74. The van der Waals surface area contributed by atoms with Crippen molar-refractivity contribution in [3.05, 3.63) is 109 Å². The molecule has 3 rings (SSSR count). The zero-order valence-electron chi connectivity index (χ0n) is 29.0. The van der Waals surface area contributed by atoms with Gasteiger partial charge in [0.1, 0.15) is 23.0 Å². The molecular formula is C38H42O14. The summed E-state index contributed by atoms with van der Waals surface area (Å²) < 4.78 is 35.6. The number of benzene rings is 3. The maximum atomic E-state index is 12.6. The predicted molar refractivity (Wildman–Crippen MR) is 188 cm³/mol. The largest absolute Gasteiger partial charge is 0.497 e. The predicted octanol–water partition coefficient (Wildman–Crippen LogP) is 5.70. The van der Waals surface area contributed by atoms with Crippen LogP contribution in [-0.4, -0.2) is 75.5 Å². The summed E-state index contributed by atoms with van der Waals surface area (Å²) in [6, 6.07) is 17.9. The lowest BCUT2D eigenvalue weighted by Gasteiger charge is -2.10. The van der Waals surface area contributed by atoms with Gasteiger partial charge in [0.2, 0.25) is 0 Å². The number of ether oxygens (including phenoxy) is 7. The van der Waals surface area contributed by atoms with Crippen LogP contribution in [0.2, 0.25) is 0 Å². The van der Waals surface area contributed by atoms with E-state index in [1.807, 2.05) is 0 Å². The van der Waals surface area contributed by atoms with Gasteiger partial charge in [0.25, 0.3) is 12.9 Å². The second-order valence-electron chi connectivity index (χ2n) is 10.0. The fraction of sp³-hybridized carbons (Fsp3) is 0.263. The molecule has 0 aliphatic heterocycles. The van der Waals surface area contributed by atoms with Crippen LogP contribution in [0.15, 0.2) is 92.0 Å². The van der Waals surface area contributed by atoms with Crippen LogP contribution >= 0.6 is 0 Å². The topological polar surface area (TPSA) is 187 Å². The minimum absolute atomic E-state index is 0.250. The highest BCUT2D eigenvalue weighted by atomic mass is 16.5. The summed E-state index contributed by atoms with van der Waals surface area (Å²) in [5.41, 5.74) is 1.29. The summed E-state index contributed by atoms with van der Waals surface area (Å²) in [6.07, 6.45) is 5.00. The van der Waals surface area contributed by atoms with Crippen molar-refractivity contribution in [1.29, 1.82) is 0 Å². The number of aryl methyl sites for hydroxylation is 1. The van der Waals surface area contributed by atoms with Crippen molar-refractivity contribution < 1.29 is 67.0 Å². The van der Waals surface area contributed by atoms with Crippen LogP contribution < -0.4 is 18.9 Å². The van der Waals surface area contributed by atoms with Crippen LogP contribution in [0.5, 0.6) is 23.0 Å². The van der Waals surface area contributed by atoms with Gasteiger partial charge in [-0.25, -0.2) is 19.2 Å². The molecule has 0 saturated heterocycles. The maximum absolute atomic E-state index is 12.6. The van der Waals surface area contributed by atoms with Crippen LogP contribution in [-0.2, 0) is 33.4 Å². The van der Waals surface area contributed by atoms with Crippen molar-refractivity contribution in [2.75, 3.05) is 33.5 Å². The Kier molecular flexibility index (Phi) is 22.2. The first-order valence-electron chi connectivity index (χ1n) is 15.8. The molecule has 0 aromatic heterocycles. The van der Waals surface area contributed by atoms with Crippen molar-refractivity contribution >= 4 is 36.8 Å². The number of methoxy groups -OCH3 is 1. The van der Waals surface area contributed by atoms with Crippen LogP contribution in [0.4, 0.5) is 0 Å². The van der Waals surface area contributed by atoms with Gasteiger partial charge in [0.05, 0.1) is 44.7 Å². The molecule has 3 aromatic carbocycles. The summed E-state index contributed by atoms with van der Waals surface area (Å²) in [4.78, 5) is 64.5. The smallest absolute Gasteiger partial charge is 0.343 e. The van der Waals surface area contributed by atoms with Crippen LogP contribution in [0.1, 0.15) is 52.0 Å². The fourth-order valence-corrected chi connectivity index (χ4v) is 3.74. The summed E-state index contributed by atoms with van der Waals surface area (Å²) >= 11 is 0. The Hall–Kier alpha value is -6.44. The molecule has 0 fully saturated rings. The highest BCUT2D eigenvalue weighted by molar-refractivity contribution is 5.93. The molecule has 0 aliphatic rings. The Balaban J connectivity index is 0.000000758. The average Bonchev–Trinajstić information content (AvgIpc) is 3.16. The Labute approximate surface area is 301 Å². The van der Waals surface area contributed by atoms with E-state index in [0.29, 0.717) is 98.3 Å². The third-order valence-electron chi connectivity index (χ3n) is 6.33. The molecule has 0 radical (unpaired) electrons. The highest BCUT2D eigenvalue weighted by Gasteiger charge is 2.14. The van der Waals surface area contributed by atoms with E-state index < -0.39 is 23.9 Å². The second-order valence-corrected chi connectivity index (χ2v) is 10.0. The first-order valence-corrected chi connectivity index (χ1v) is 15.8. The average molecular weight is 723 g/mol. The molecule has 0 heterocycles. The van der Waals surface area contributed by atoms with E-state index in [0.717, 1.165) is 12.2 Å². The normalized spacial score (nSPS) is 9.50. The highest BCUT2D eigenvalue weighted by Crippen LogP contribution is 2.23. The molecule has 278 valence electrons. The molecule has 52 heavy (non-hydrogen) atoms. The van der Waals surface area contributed by atoms with E-state index in [1.54, 1.807) is 74.7 Å². The zero-order chi connectivity index (χ0) is 38.6. The quantitative estimate of drug-likeness (QED) is 0.0396. The van der Waals surface area contributed by atoms with Crippen molar-refractivity contribution in [1.82, 2.24) is 0 Å². The molecule has 1 N–H and O–H groups in total. The van der Waals surface area contributed by atoms with E-state index in [4.69, 9.17) is 33.6 Å². The summed E-state index contributed by atoms with van der Waals surface area (Å²) in [7, 11) is 1.56. The lowest BCUT2D eigenvalue weighted by Crippen LogP contribution is -2.11. The van der Waals surface area contributed by atoms with Gasteiger partial charge in [-0.2, -0.15) is 0 Å². The third kappa shape index (κ3) is 18.4. The number of hydrogen-bond acceptors (Lipinski definition) is 13. The monoisotopic (exact) mass is 722 g/mol. The maximum Gasteiger partial charge on any atom is 0.343 e. The number of unbranched alkanes of at least 4 members (excludes halogenated alkanes) is 2. The van der Waals surface area contributed by atoms with Gasteiger partial charge < -0.3 is 38.3 Å². The first-order chi connectivity index (χ1) is 25.1. The van der Waals surface area contributed by atoms with E-state index in [-0.39, 0.29) is 6.47 Å². The lowest BCUT2D eigenvalue weighted by molar-refractivity contribution is -0.138. The Morgan fingerprint density at radius 3 is 1.65 bits per heavy atom. The first kappa shape index (κ1) is 43.6.